The molecule has 0 aromatic carbocycles. The Morgan fingerprint density at radius 1 is 0.607 bits per heavy atom. The Morgan fingerprint density at radius 3 is 1.18 bits per heavy atom. The van der Waals surface area contributed by atoms with Gasteiger partial charge in [-0.15, -0.1) is 0 Å². The SMILES string of the molecule is NCCNCC[NH][Tc]([CH2]C(=O)O)([CH2]C(=O)O)([CH2]C(=O)O)([CH2]C(=O)O)[CH2]C(=O)O. The van der Waals surface area contributed by atoms with Crippen molar-refractivity contribution in [2.24, 2.45) is 5.73 Å². The van der Waals surface area contributed by atoms with Crippen molar-refractivity contribution in [3.63, 3.8) is 0 Å². The molecule has 14 heteroatoms. The van der Waals surface area contributed by atoms with Gasteiger partial charge in [0.2, 0.25) is 0 Å². The first-order valence-electron chi connectivity index (χ1n) is 7.90. The molecule has 0 aromatic rings. The summed E-state index contributed by atoms with van der Waals surface area (Å²) in [7, 11) is 0. The van der Waals surface area contributed by atoms with Gasteiger partial charge in [-0.2, -0.15) is 0 Å². The molecule has 0 radical (unpaired) electrons. The van der Waals surface area contributed by atoms with Gasteiger partial charge in [0.05, 0.1) is 0 Å². The summed E-state index contributed by atoms with van der Waals surface area (Å²) in [5.41, 5.74) is 5.32. The van der Waals surface area contributed by atoms with Gasteiger partial charge in [0.15, 0.2) is 0 Å². The minimum absolute atomic E-state index is 0.0670. The Morgan fingerprint density at radius 2 is 0.929 bits per heavy atom. The van der Waals surface area contributed by atoms with Crippen molar-refractivity contribution in [1.82, 2.24) is 9.30 Å². The summed E-state index contributed by atoms with van der Waals surface area (Å²) in [5.74, 6) is -8.36. The summed E-state index contributed by atoms with van der Waals surface area (Å²) >= 11 is -6.59. The molecule has 0 aliphatic carbocycles. The van der Waals surface area contributed by atoms with Crippen LogP contribution in [0.4, 0.5) is 0 Å². The Balaban J connectivity index is 6.82. The van der Waals surface area contributed by atoms with Crippen LogP contribution in [0.1, 0.15) is 0 Å². The van der Waals surface area contributed by atoms with E-state index in [-0.39, 0.29) is 19.6 Å². The topological polar surface area (TPSA) is 237 Å². The number of nitrogens with two attached hydrogens (primary N) is 1. The predicted molar refractivity (Wildman–Crippen MR) is 92.1 cm³/mol. The van der Waals surface area contributed by atoms with Crippen LogP contribution in [0, 0.1) is 0 Å². The molecule has 13 nitrogen and oxygen atoms in total. The average Bonchev–Trinajstić information content (AvgIpc) is 2.42. The van der Waals surface area contributed by atoms with Crippen LogP contribution in [0.3, 0.4) is 0 Å². The fraction of sp³-hybridized carbons (Fsp3) is 0.643. The van der Waals surface area contributed by atoms with Crippen LogP contribution < -0.4 is 15.0 Å². The summed E-state index contributed by atoms with van der Waals surface area (Å²) in [6.45, 7) is 0.425. The summed E-state index contributed by atoms with van der Waals surface area (Å²) < 4.78 is 2.65. The Kier molecular flexibility index (Phi) is 8.67. The molecule has 9 N–H and O–H groups in total. The molecule has 165 valence electrons. The number of carbonyl (C=O) groups is 5. The maximum atomic E-state index is 11.7. The molecule has 0 rings (SSSR count). The second kappa shape index (κ2) is 9.39. The zero-order chi connectivity index (χ0) is 22.1. The number of nitrogens with one attached hydrogen (secondary N) is 2. The summed E-state index contributed by atoms with van der Waals surface area (Å²) in [4.78, 5) is 52.6. The van der Waals surface area contributed by atoms with Gasteiger partial charge in [-0.3, -0.25) is 0 Å². The fourth-order valence-electron chi connectivity index (χ4n) is 3.31. The van der Waals surface area contributed by atoms with Crippen LogP contribution in [0.25, 0.3) is 0 Å². The summed E-state index contributed by atoms with van der Waals surface area (Å²) in [6.07, 6.45) is 0. The van der Waals surface area contributed by atoms with Crippen LogP contribution in [-0.2, 0) is 37.1 Å². The van der Waals surface area contributed by atoms with Crippen molar-refractivity contribution in [3.05, 3.63) is 0 Å². The van der Waals surface area contributed by atoms with Crippen LogP contribution in [0.2, 0.25) is 24.7 Å². The van der Waals surface area contributed by atoms with E-state index in [1.54, 1.807) is 0 Å². The summed E-state index contributed by atoms with van der Waals surface area (Å²) in [6, 6.07) is 0. The van der Waals surface area contributed by atoms with E-state index in [9.17, 15) is 49.5 Å². The molecule has 0 atom stereocenters. The van der Waals surface area contributed by atoms with Gasteiger partial charge in [0.1, 0.15) is 0 Å². The van der Waals surface area contributed by atoms with Gasteiger partial charge in [-0.25, -0.2) is 0 Å². The molecule has 0 heterocycles. The zero-order valence-corrected chi connectivity index (χ0v) is 17.0. The molecule has 0 aliphatic rings. The molecule has 0 unspecified atom stereocenters. The molecule has 0 saturated heterocycles. The van der Waals surface area contributed by atoms with E-state index in [2.05, 4.69) is 9.30 Å². The van der Waals surface area contributed by atoms with Gasteiger partial charge in [-0.05, 0) is 0 Å². The number of carboxylic acid groups (broad SMARTS) is 5. The van der Waals surface area contributed by atoms with Crippen molar-refractivity contribution in [1.29, 1.82) is 0 Å². The van der Waals surface area contributed by atoms with E-state index in [4.69, 9.17) is 5.73 Å². The molecule has 0 aromatic heterocycles. The standard InChI is InChI=1S/C4H12N3.5C2H3O2.Tc/c5-1-3-7-4-2-6;5*1-2(3)4;/h5,7H,1-4,6H2;5*1H2,(H,3,4);/q-1;;;;;;+1. The Hall–Kier alpha value is -2.12. The van der Waals surface area contributed by atoms with Crippen LogP contribution in [-0.4, -0.2) is 81.6 Å². The number of rotatable bonds is 16. The van der Waals surface area contributed by atoms with Gasteiger partial charge < -0.3 is 0 Å². The minimum atomic E-state index is -6.59. The molecule has 0 bridgehead atoms. The first-order chi connectivity index (χ1) is 12.8. The molecular formula is C14H27N3O10Tc. The molecule has 0 fully saturated rings. The van der Waals surface area contributed by atoms with E-state index in [1.807, 2.05) is 0 Å². The molecule has 28 heavy (non-hydrogen) atoms. The number of aliphatic carboxylic acids is 5. The van der Waals surface area contributed by atoms with E-state index in [0.717, 1.165) is 0 Å². The Bertz CT molecular complexity index is 548. The van der Waals surface area contributed by atoms with Crippen molar-refractivity contribution in [2.45, 2.75) is 24.7 Å². The number of hydrogen-bond acceptors (Lipinski definition) is 8. The van der Waals surface area contributed by atoms with Crippen LogP contribution in [0.15, 0.2) is 0 Å². The quantitative estimate of drug-likeness (QED) is 0.117. The third-order valence-corrected chi connectivity index (χ3v) is 20.5. The fourth-order valence-corrected chi connectivity index (χ4v) is 18.0. The third kappa shape index (κ3) is 6.80. The third-order valence-electron chi connectivity index (χ3n) is 3.99. The van der Waals surface area contributed by atoms with Crippen LogP contribution >= 0.6 is 0 Å². The zero-order valence-electron chi connectivity index (χ0n) is 15.1. The molecule has 0 aliphatic heterocycles. The van der Waals surface area contributed by atoms with Crippen LogP contribution in [0.5, 0.6) is 0 Å². The van der Waals surface area contributed by atoms with Crippen molar-refractivity contribution in [3.8, 4) is 0 Å². The van der Waals surface area contributed by atoms with Crippen molar-refractivity contribution in [2.75, 3.05) is 26.2 Å². The molecule has 0 amide bonds. The maximum absolute atomic E-state index is 11.7. The normalized spacial score (nSPS) is 13.9. The van der Waals surface area contributed by atoms with Gasteiger partial charge in [0.25, 0.3) is 0 Å². The predicted octanol–water partition coefficient (Wildman–Crippen LogP) is -1.22. The van der Waals surface area contributed by atoms with Gasteiger partial charge in [-0.1, -0.05) is 0 Å². The molecule has 0 saturated carbocycles. The number of carboxylic acids is 5. The van der Waals surface area contributed by atoms with Crippen molar-refractivity contribution < 1.29 is 62.6 Å². The van der Waals surface area contributed by atoms with E-state index in [1.165, 1.54) is 0 Å². The van der Waals surface area contributed by atoms with Gasteiger partial charge in [0, 0.05) is 0 Å². The van der Waals surface area contributed by atoms with Crippen molar-refractivity contribution >= 4 is 29.8 Å². The van der Waals surface area contributed by atoms with E-state index < -0.39 is 67.6 Å². The first-order valence-corrected chi connectivity index (χ1v) is 15.4. The molecular weight excluding hydrogens is 468 g/mol. The average molecular weight is 495 g/mol. The van der Waals surface area contributed by atoms with Gasteiger partial charge >= 0.3 is 158 Å². The second-order valence-electron chi connectivity index (χ2n) is 6.62. The molecule has 0 spiro atoms. The Labute approximate surface area is 158 Å². The summed E-state index contributed by atoms with van der Waals surface area (Å²) in [5, 5.41) is 50.2. The first kappa shape index (κ1) is 25.9. The number of hydrogen-bond donors (Lipinski definition) is 8. The van der Waals surface area contributed by atoms with E-state index >= 15 is 0 Å². The second-order valence-corrected chi connectivity index (χ2v) is 23.1. The monoisotopic (exact) mass is 494 g/mol. The van der Waals surface area contributed by atoms with E-state index in [0.29, 0.717) is 6.54 Å².